The lowest BCUT2D eigenvalue weighted by atomic mass is 9.89. The molecule has 1 saturated heterocycles. The number of hydrogen-bond acceptors (Lipinski definition) is 2. The van der Waals surface area contributed by atoms with Gasteiger partial charge in [0.15, 0.2) is 0 Å². The first-order valence-electron chi connectivity index (χ1n) is 5.95. The van der Waals surface area contributed by atoms with Crippen LogP contribution in [0.1, 0.15) is 23.7 Å². The molecule has 0 saturated carbocycles. The van der Waals surface area contributed by atoms with Crippen molar-refractivity contribution in [3.05, 3.63) is 35.1 Å². The molecule has 1 N–H and O–H groups in total. The minimum Gasteiger partial charge on any atom is -0.373 e. The smallest absolute Gasteiger partial charge is 0.123 e. The zero-order valence-electron chi connectivity index (χ0n) is 9.21. The maximum atomic E-state index is 13.1. The molecule has 0 aromatic heterocycles. The number of fused-ring (bicyclic) bond motifs is 1. The van der Waals surface area contributed by atoms with E-state index in [0.29, 0.717) is 5.92 Å². The summed E-state index contributed by atoms with van der Waals surface area (Å²) in [5.41, 5.74) is 2.32. The average molecular weight is 221 g/mol. The molecule has 0 aliphatic carbocycles. The predicted molar refractivity (Wildman–Crippen MR) is 59.8 cm³/mol. The zero-order chi connectivity index (χ0) is 11.0. The fourth-order valence-corrected chi connectivity index (χ4v) is 2.78. The standard InChI is InChI=1S/C13H16FNO/c14-11-1-2-12-9(7-11)4-6-16-13(12)10-3-5-15-8-10/h1-2,7,10,13,15H,3-6,8H2/t10-,13-/m1/s1. The Morgan fingerprint density at radius 2 is 2.31 bits per heavy atom. The van der Waals surface area contributed by atoms with Gasteiger partial charge in [0, 0.05) is 12.5 Å². The summed E-state index contributed by atoms with van der Waals surface area (Å²) < 4.78 is 19.0. The Balaban J connectivity index is 1.93. The van der Waals surface area contributed by atoms with Gasteiger partial charge in [0.1, 0.15) is 5.82 Å². The Bertz CT molecular complexity index is 388. The van der Waals surface area contributed by atoms with Crippen LogP contribution in [0.15, 0.2) is 18.2 Å². The number of nitrogens with one attached hydrogen (secondary N) is 1. The van der Waals surface area contributed by atoms with Gasteiger partial charge < -0.3 is 10.1 Å². The van der Waals surface area contributed by atoms with Crippen LogP contribution in [-0.4, -0.2) is 19.7 Å². The van der Waals surface area contributed by atoms with Crippen molar-refractivity contribution < 1.29 is 9.13 Å². The molecular weight excluding hydrogens is 205 g/mol. The molecule has 2 atom stereocenters. The molecule has 0 radical (unpaired) electrons. The van der Waals surface area contributed by atoms with Gasteiger partial charge in [0.05, 0.1) is 12.7 Å². The van der Waals surface area contributed by atoms with Gasteiger partial charge in [-0.15, -0.1) is 0 Å². The van der Waals surface area contributed by atoms with E-state index in [1.54, 1.807) is 12.1 Å². The van der Waals surface area contributed by atoms with Crippen LogP contribution in [-0.2, 0) is 11.2 Å². The lowest BCUT2D eigenvalue weighted by molar-refractivity contribution is 0.00656. The highest BCUT2D eigenvalue weighted by atomic mass is 19.1. The van der Waals surface area contributed by atoms with E-state index >= 15 is 0 Å². The summed E-state index contributed by atoms with van der Waals surface area (Å²) in [5.74, 6) is 0.411. The van der Waals surface area contributed by atoms with Gasteiger partial charge in [-0.2, -0.15) is 0 Å². The first-order chi connectivity index (χ1) is 7.84. The van der Waals surface area contributed by atoms with E-state index < -0.39 is 0 Å². The molecule has 16 heavy (non-hydrogen) atoms. The molecule has 2 aliphatic heterocycles. The molecule has 2 aliphatic rings. The molecule has 0 spiro atoms. The third kappa shape index (κ3) is 1.74. The van der Waals surface area contributed by atoms with Crippen molar-refractivity contribution in [3.8, 4) is 0 Å². The molecule has 0 unspecified atom stereocenters. The zero-order valence-corrected chi connectivity index (χ0v) is 9.21. The van der Waals surface area contributed by atoms with Crippen LogP contribution >= 0.6 is 0 Å². The largest absolute Gasteiger partial charge is 0.373 e. The summed E-state index contributed by atoms with van der Waals surface area (Å²) in [7, 11) is 0. The highest BCUT2D eigenvalue weighted by molar-refractivity contribution is 5.32. The molecular formula is C13H16FNO. The van der Waals surface area contributed by atoms with Crippen molar-refractivity contribution in [3.63, 3.8) is 0 Å². The first-order valence-corrected chi connectivity index (χ1v) is 5.95. The van der Waals surface area contributed by atoms with Crippen LogP contribution in [0.5, 0.6) is 0 Å². The molecule has 2 heterocycles. The molecule has 1 aromatic carbocycles. The SMILES string of the molecule is Fc1ccc2c(c1)CCO[C@@H]2[C@@H]1CCNC1. The fourth-order valence-electron chi connectivity index (χ4n) is 2.78. The highest BCUT2D eigenvalue weighted by Crippen LogP contribution is 2.35. The van der Waals surface area contributed by atoms with Gasteiger partial charge in [-0.25, -0.2) is 4.39 Å². The Morgan fingerprint density at radius 3 is 3.12 bits per heavy atom. The van der Waals surface area contributed by atoms with E-state index in [9.17, 15) is 4.39 Å². The lowest BCUT2D eigenvalue weighted by Gasteiger charge is -2.30. The maximum Gasteiger partial charge on any atom is 0.123 e. The van der Waals surface area contributed by atoms with Crippen LogP contribution < -0.4 is 5.32 Å². The summed E-state index contributed by atoms with van der Waals surface area (Å²) in [5, 5.41) is 3.36. The van der Waals surface area contributed by atoms with Crippen molar-refractivity contribution in [2.45, 2.75) is 18.9 Å². The summed E-state index contributed by atoms with van der Waals surface area (Å²) in [6, 6.07) is 5.10. The highest BCUT2D eigenvalue weighted by Gasteiger charge is 2.30. The fraction of sp³-hybridized carbons (Fsp3) is 0.538. The molecule has 0 amide bonds. The van der Waals surface area contributed by atoms with Gasteiger partial charge in [-0.05, 0) is 42.6 Å². The van der Waals surface area contributed by atoms with Crippen LogP contribution in [0, 0.1) is 11.7 Å². The third-order valence-corrected chi connectivity index (χ3v) is 3.61. The van der Waals surface area contributed by atoms with Crippen LogP contribution in [0.4, 0.5) is 4.39 Å². The van der Waals surface area contributed by atoms with Gasteiger partial charge in [-0.1, -0.05) is 6.07 Å². The maximum absolute atomic E-state index is 13.1. The average Bonchev–Trinajstić information content (AvgIpc) is 2.81. The second-order valence-electron chi connectivity index (χ2n) is 4.64. The Kier molecular flexibility index (Phi) is 2.65. The molecule has 86 valence electrons. The van der Waals surface area contributed by atoms with Gasteiger partial charge in [0.25, 0.3) is 0 Å². The Hall–Kier alpha value is -0.930. The summed E-state index contributed by atoms with van der Waals surface area (Å²) in [6.45, 7) is 2.81. The van der Waals surface area contributed by atoms with E-state index in [0.717, 1.165) is 38.1 Å². The van der Waals surface area contributed by atoms with Crippen molar-refractivity contribution in [2.24, 2.45) is 5.92 Å². The number of hydrogen-bond donors (Lipinski definition) is 1. The molecule has 1 fully saturated rings. The molecule has 1 aromatic rings. The van der Waals surface area contributed by atoms with Gasteiger partial charge in [0.2, 0.25) is 0 Å². The predicted octanol–water partition coefficient (Wildman–Crippen LogP) is 2.05. The normalized spacial score (nSPS) is 29.1. The summed E-state index contributed by atoms with van der Waals surface area (Å²) in [4.78, 5) is 0. The Morgan fingerprint density at radius 1 is 1.38 bits per heavy atom. The second-order valence-corrected chi connectivity index (χ2v) is 4.64. The van der Waals surface area contributed by atoms with E-state index in [2.05, 4.69) is 5.32 Å². The van der Waals surface area contributed by atoms with Gasteiger partial charge >= 0.3 is 0 Å². The van der Waals surface area contributed by atoms with E-state index in [-0.39, 0.29) is 11.9 Å². The number of benzene rings is 1. The van der Waals surface area contributed by atoms with Crippen LogP contribution in [0.2, 0.25) is 0 Å². The van der Waals surface area contributed by atoms with Crippen LogP contribution in [0.25, 0.3) is 0 Å². The van der Waals surface area contributed by atoms with Crippen molar-refractivity contribution >= 4 is 0 Å². The third-order valence-electron chi connectivity index (χ3n) is 3.61. The molecule has 3 heteroatoms. The number of rotatable bonds is 1. The van der Waals surface area contributed by atoms with Gasteiger partial charge in [-0.3, -0.25) is 0 Å². The number of ether oxygens (including phenoxy) is 1. The monoisotopic (exact) mass is 221 g/mol. The number of halogens is 1. The van der Waals surface area contributed by atoms with E-state index in [1.807, 2.05) is 6.07 Å². The second kappa shape index (κ2) is 4.15. The van der Waals surface area contributed by atoms with E-state index in [4.69, 9.17) is 4.74 Å². The molecule has 3 rings (SSSR count). The molecule has 2 nitrogen and oxygen atoms in total. The van der Waals surface area contributed by atoms with E-state index in [1.165, 1.54) is 5.56 Å². The minimum atomic E-state index is -0.135. The van der Waals surface area contributed by atoms with Crippen molar-refractivity contribution in [2.75, 3.05) is 19.7 Å². The minimum absolute atomic E-state index is 0.135. The lowest BCUT2D eigenvalue weighted by Crippen LogP contribution is -2.25. The summed E-state index contributed by atoms with van der Waals surface area (Å²) in [6.07, 6.45) is 2.16. The van der Waals surface area contributed by atoms with Crippen molar-refractivity contribution in [1.82, 2.24) is 5.32 Å². The topological polar surface area (TPSA) is 21.3 Å². The Labute approximate surface area is 94.8 Å². The quantitative estimate of drug-likeness (QED) is 0.783. The molecule has 0 bridgehead atoms. The first kappa shape index (κ1) is 10.2. The van der Waals surface area contributed by atoms with Crippen LogP contribution in [0.3, 0.4) is 0 Å². The van der Waals surface area contributed by atoms with Crippen molar-refractivity contribution in [1.29, 1.82) is 0 Å². The summed E-state index contributed by atoms with van der Waals surface area (Å²) >= 11 is 0.